The number of carbonyl (C=O) groups excluding carboxylic acids is 2. The number of thiophene rings is 1. The lowest BCUT2D eigenvalue weighted by molar-refractivity contribution is 0.0601. The minimum atomic E-state index is -0.392. The maximum Gasteiger partial charge on any atom is 0.341 e. The number of hydrogen-bond acceptors (Lipinski definition) is 5. The summed E-state index contributed by atoms with van der Waals surface area (Å²) in [4.78, 5) is 25.9. The normalized spacial score (nSPS) is 12.8. The third-order valence-electron chi connectivity index (χ3n) is 4.24. The second-order valence-corrected chi connectivity index (χ2v) is 7.84. The molecular weight excluding hydrogens is 350 g/mol. The summed E-state index contributed by atoms with van der Waals surface area (Å²) in [5.41, 5.74) is 2.05. The number of esters is 1. The van der Waals surface area contributed by atoms with Crippen molar-refractivity contribution in [3.63, 3.8) is 0 Å². The zero-order valence-corrected chi connectivity index (χ0v) is 16.1. The number of hydrogen-bond donors (Lipinski definition) is 1. The van der Waals surface area contributed by atoms with Gasteiger partial charge in [0.15, 0.2) is 0 Å². The zero-order valence-electron chi connectivity index (χ0n) is 15.3. The molecule has 5 nitrogen and oxygen atoms in total. The van der Waals surface area contributed by atoms with E-state index in [0.717, 1.165) is 35.5 Å². The second-order valence-electron chi connectivity index (χ2n) is 6.74. The van der Waals surface area contributed by atoms with Gasteiger partial charge in [-0.1, -0.05) is 13.8 Å². The summed E-state index contributed by atoms with van der Waals surface area (Å²) in [6.45, 7) is 4.80. The van der Waals surface area contributed by atoms with Crippen LogP contribution in [0.25, 0.3) is 0 Å². The van der Waals surface area contributed by atoms with E-state index in [-0.39, 0.29) is 5.91 Å². The Morgan fingerprint density at radius 3 is 2.58 bits per heavy atom. The molecule has 2 aromatic rings. The molecule has 3 rings (SSSR count). The van der Waals surface area contributed by atoms with Crippen LogP contribution in [0.4, 0.5) is 5.00 Å². The summed E-state index contributed by atoms with van der Waals surface area (Å²) in [6.07, 6.45) is 2.84. The Labute approximate surface area is 157 Å². The standard InChI is InChI=1S/C20H23NO4S/c1-12(2)11-25-14-9-7-13(8-10-14)18(22)21-19-17(20(23)24-3)15-5-4-6-16(15)26-19/h7-10,12H,4-6,11H2,1-3H3,(H,21,22). The second kappa shape index (κ2) is 7.91. The summed E-state index contributed by atoms with van der Waals surface area (Å²) in [5.74, 6) is 0.540. The number of anilines is 1. The van der Waals surface area contributed by atoms with E-state index in [1.165, 1.54) is 18.4 Å². The molecule has 1 aliphatic rings. The lowest BCUT2D eigenvalue weighted by atomic mass is 10.1. The lowest BCUT2D eigenvalue weighted by Gasteiger charge is -2.10. The lowest BCUT2D eigenvalue weighted by Crippen LogP contribution is -2.14. The Morgan fingerprint density at radius 1 is 1.19 bits per heavy atom. The Bertz CT molecular complexity index is 808. The number of amides is 1. The van der Waals surface area contributed by atoms with Gasteiger partial charge in [-0.15, -0.1) is 11.3 Å². The number of rotatable bonds is 6. The maximum atomic E-state index is 12.6. The van der Waals surface area contributed by atoms with E-state index < -0.39 is 5.97 Å². The van der Waals surface area contributed by atoms with Crippen LogP contribution in [0, 0.1) is 5.92 Å². The van der Waals surface area contributed by atoms with E-state index in [4.69, 9.17) is 9.47 Å². The number of ether oxygens (including phenoxy) is 2. The molecule has 1 N–H and O–H groups in total. The molecule has 1 amide bonds. The molecule has 1 aliphatic carbocycles. The Kier molecular flexibility index (Phi) is 5.61. The molecule has 0 fully saturated rings. The van der Waals surface area contributed by atoms with Crippen molar-refractivity contribution in [2.45, 2.75) is 33.1 Å². The summed E-state index contributed by atoms with van der Waals surface area (Å²) in [6, 6.07) is 7.02. The highest BCUT2D eigenvalue weighted by atomic mass is 32.1. The summed E-state index contributed by atoms with van der Waals surface area (Å²) >= 11 is 1.47. The topological polar surface area (TPSA) is 64.6 Å². The van der Waals surface area contributed by atoms with Gasteiger partial charge in [-0.2, -0.15) is 0 Å². The average Bonchev–Trinajstić information content (AvgIpc) is 3.20. The molecule has 0 aliphatic heterocycles. The first kappa shape index (κ1) is 18.5. The fourth-order valence-corrected chi connectivity index (χ4v) is 4.22. The van der Waals surface area contributed by atoms with Crippen molar-refractivity contribution in [3.8, 4) is 5.75 Å². The van der Waals surface area contributed by atoms with Crippen LogP contribution in [0.2, 0.25) is 0 Å². The molecule has 0 radical (unpaired) electrons. The van der Waals surface area contributed by atoms with Crippen LogP contribution in [0.5, 0.6) is 5.75 Å². The quantitative estimate of drug-likeness (QED) is 0.766. The third kappa shape index (κ3) is 3.90. The highest BCUT2D eigenvalue weighted by Crippen LogP contribution is 2.39. The number of methoxy groups -OCH3 is 1. The van der Waals surface area contributed by atoms with Gasteiger partial charge in [0.05, 0.1) is 19.3 Å². The van der Waals surface area contributed by atoms with Gasteiger partial charge in [-0.25, -0.2) is 4.79 Å². The molecule has 0 bridgehead atoms. The number of nitrogens with one attached hydrogen (secondary N) is 1. The van der Waals surface area contributed by atoms with E-state index >= 15 is 0 Å². The number of benzene rings is 1. The van der Waals surface area contributed by atoms with Gasteiger partial charge in [0, 0.05) is 10.4 Å². The van der Waals surface area contributed by atoms with E-state index in [9.17, 15) is 9.59 Å². The summed E-state index contributed by atoms with van der Waals surface area (Å²) in [5, 5.41) is 3.45. The van der Waals surface area contributed by atoms with Gasteiger partial charge in [0.2, 0.25) is 0 Å². The zero-order chi connectivity index (χ0) is 18.7. The van der Waals surface area contributed by atoms with Gasteiger partial charge in [0.1, 0.15) is 10.8 Å². The van der Waals surface area contributed by atoms with Crippen molar-refractivity contribution in [3.05, 3.63) is 45.8 Å². The van der Waals surface area contributed by atoms with Gasteiger partial charge in [-0.05, 0) is 55.0 Å². The molecule has 0 saturated heterocycles. The summed E-state index contributed by atoms with van der Waals surface area (Å²) < 4.78 is 10.5. The van der Waals surface area contributed by atoms with Crippen LogP contribution >= 0.6 is 11.3 Å². The molecule has 6 heteroatoms. The summed E-state index contributed by atoms with van der Waals surface area (Å²) in [7, 11) is 1.36. The molecular formula is C20H23NO4S. The van der Waals surface area contributed by atoms with E-state index in [0.29, 0.717) is 28.7 Å². The smallest absolute Gasteiger partial charge is 0.341 e. The Hall–Kier alpha value is -2.34. The minimum absolute atomic E-state index is 0.245. The Morgan fingerprint density at radius 2 is 1.92 bits per heavy atom. The largest absolute Gasteiger partial charge is 0.493 e. The molecule has 1 aromatic heterocycles. The van der Waals surface area contributed by atoms with E-state index in [1.807, 2.05) is 0 Å². The third-order valence-corrected chi connectivity index (χ3v) is 5.44. The van der Waals surface area contributed by atoms with Crippen molar-refractivity contribution < 1.29 is 19.1 Å². The van der Waals surface area contributed by atoms with Crippen LogP contribution in [0.3, 0.4) is 0 Å². The molecule has 138 valence electrons. The highest BCUT2D eigenvalue weighted by molar-refractivity contribution is 7.17. The number of fused-ring (bicyclic) bond motifs is 1. The van der Waals surface area contributed by atoms with Crippen LogP contribution in [-0.2, 0) is 17.6 Å². The first-order valence-electron chi connectivity index (χ1n) is 8.76. The van der Waals surface area contributed by atoms with Gasteiger partial charge in [0.25, 0.3) is 5.91 Å². The van der Waals surface area contributed by atoms with Gasteiger partial charge < -0.3 is 14.8 Å². The van der Waals surface area contributed by atoms with Crippen LogP contribution in [-0.4, -0.2) is 25.6 Å². The number of aryl methyl sites for hydroxylation is 1. The molecule has 1 aromatic carbocycles. The van der Waals surface area contributed by atoms with Crippen molar-refractivity contribution in [1.29, 1.82) is 0 Å². The molecule has 1 heterocycles. The maximum absolute atomic E-state index is 12.6. The molecule has 0 spiro atoms. The fraction of sp³-hybridized carbons (Fsp3) is 0.400. The predicted octanol–water partition coefficient (Wildman–Crippen LogP) is 4.31. The van der Waals surface area contributed by atoms with Crippen molar-refractivity contribution in [1.82, 2.24) is 0 Å². The van der Waals surface area contributed by atoms with Crippen molar-refractivity contribution in [2.24, 2.45) is 5.92 Å². The predicted molar refractivity (Wildman–Crippen MR) is 102 cm³/mol. The van der Waals surface area contributed by atoms with Crippen molar-refractivity contribution >= 4 is 28.2 Å². The Balaban J connectivity index is 1.75. The van der Waals surface area contributed by atoms with Crippen LogP contribution in [0.1, 0.15) is 51.4 Å². The van der Waals surface area contributed by atoms with Gasteiger partial charge in [-0.3, -0.25) is 4.79 Å². The van der Waals surface area contributed by atoms with E-state index in [2.05, 4.69) is 19.2 Å². The molecule has 26 heavy (non-hydrogen) atoms. The average molecular weight is 373 g/mol. The van der Waals surface area contributed by atoms with E-state index in [1.54, 1.807) is 24.3 Å². The monoisotopic (exact) mass is 373 g/mol. The van der Waals surface area contributed by atoms with Crippen LogP contribution < -0.4 is 10.1 Å². The highest BCUT2D eigenvalue weighted by Gasteiger charge is 2.28. The van der Waals surface area contributed by atoms with Crippen LogP contribution in [0.15, 0.2) is 24.3 Å². The van der Waals surface area contributed by atoms with Gasteiger partial charge >= 0.3 is 5.97 Å². The molecule has 0 atom stereocenters. The van der Waals surface area contributed by atoms with Crippen molar-refractivity contribution in [2.75, 3.05) is 19.0 Å². The SMILES string of the molecule is COC(=O)c1c(NC(=O)c2ccc(OCC(C)C)cc2)sc2c1CCC2. The number of carbonyl (C=O) groups is 2. The minimum Gasteiger partial charge on any atom is -0.493 e. The molecule has 0 saturated carbocycles. The first-order chi connectivity index (χ1) is 12.5. The fourth-order valence-electron chi connectivity index (χ4n) is 2.95. The first-order valence-corrected chi connectivity index (χ1v) is 9.58. The molecule has 0 unspecified atom stereocenters.